The molecule has 0 saturated carbocycles. The minimum Gasteiger partial charge on any atom is -0.353 e. The summed E-state index contributed by atoms with van der Waals surface area (Å²) in [5.74, 6) is 5.40. The third-order valence-corrected chi connectivity index (χ3v) is 4.84. The zero-order valence-electron chi connectivity index (χ0n) is 13.4. The van der Waals surface area contributed by atoms with E-state index >= 15 is 0 Å². The van der Waals surface area contributed by atoms with Crippen molar-refractivity contribution in [1.29, 1.82) is 0 Å². The van der Waals surface area contributed by atoms with Gasteiger partial charge in [-0.05, 0) is 25.0 Å². The predicted molar refractivity (Wildman–Crippen MR) is 89.0 cm³/mol. The number of nitrogens with zero attached hydrogens (tertiary/aromatic N) is 3. The van der Waals surface area contributed by atoms with Crippen LogP contribution in [-0.2, 0) is 0 Å². The Morgan fingerprint density at radius 3 is 2.55 bits per heavy atom. The summed E-state index contributed by atoms with van der Waals surface area (Å²) in [5, 5.41) is 0. The smallest absolute Gasteiger partial charge is 0.133 e. The monoisotopic (exact) mass is 293 g/mol. The number of hydrogen-bond acceptors (Lipinski definition) is 4. The Kier molecular flexibility index (Phi) is 5.30. The lowest BCUT2D eigenvalue weighted by atomic mass is 10.1. The van der Waals surface area contributed by atoms with Crippen LogP contribution in [0.5, 0.6) is 0 Å². The van der Waals surface area contributed by atoms with Crippen LogP contribution >= 0.6 is 11.8 Å². The summed E-state index contributed by atoms with van der Waals surface area (Å²) in [6.45, 7) is 12.2. The third kappa shape index (κ3) is 3.66. The number of hydrogen-bond donors (Lipinski definition) is 0. The third-order valence-electron chi connectivity index (χ3n) is 3.84. The Balaban J connectivity index is 2.38. The van der Waals surface area contributed by atoms with Gasteiger partial charge in [-0.1, -0.05) is 27.7 Å². The van der Waals surface area contributed by atoms with Crippen molar-refractivity contribution in [1.82, 2.24) is 9.97 Å². The van der Waals surface area contributed by atoms with E-state index in [4.69, 9.17) is 9.97 Å². The maximum absolute atomic E-state index is 4.84. The number of anilines is 1. The van der Waals surface area contributed by atoms with E-state index in [9.17, 15) is 0 Å². The maximum atomic E-state index is 4.84. The lowest BCUT2D eigenvalue weighted by Gasteiger charge is -2.29. The molecule has 1 aliphatic heterocycles. The van der Waals surface area contributed by atoms with Crippen LogP contribution in [0.1, 0.15) is 64.4 Å². The lowest BCUT2D eigenvalue weighted by molar-refractivity contribution is 0.628. The summed E-state index contributed by atoms with van der Waals surface area (Å²) in [7, 11) is 0. The van der Waals surface area contributed by atoms with E-state index in [1.165, 1.54) is 23.6 Å². The highest BCUT2D eigenvalue weighted by molar-refractivity contribution is 7.99. The average Bonchev–Trinajstić information content (AvgIpc) is 2.62. The summed E-state index contributed by atoms with van der Waals surface area (Å²) in [5.41, 5.74) is 1.17. The topological polar surface area (TPSA) is 29.0 Å². The first-order valence-corrected chi connectivity index (χ1v) is 8.87. The Labute approximate surface area is 127 Å². The Morgan fingerprint density at radius 1 is 1.15 bits per heavy atom. The van der Waals surface area contributed by atoms with E-state index in [1.807, 2.05) is 0 Å². The standard InChI is InChI=1S/C16H27N3S/c1-11(2)14-10-15(18-16(17-14)12(3)4)19-7-9-20-8-6-13(19)5/h10-13H,6-9H2,1-5H3. The largest absolute Gasteiger partial charge is 0.353 e. The first-order valence-electron chi connectivity index (χ1n) is 7.72. The van der Waals surface area contributed by atoms with Crippen LogP contribution < -0.4 is 4.90 Å². The molecule has 2 rings (SSSR count). The molecule has 0 aromatic carbocycles. The predicted octanol–water partition coefficient (Wildman–Crippen LogP) is 4.06. The molecule has 0 aliphatic carbocycles. The molecule has 0 bridgehead atoms. The minimum absolute atomic E-state index is 0.379. The molecule has 1 unspecified atom stereocenters. The van der Waals surface area contributed by atoms with Crippen LogP contribution in [0.3, 0.4) is 0 Å². The molecule has 3 nitrogen and oxygen atoms in total. The summed E-state index contributed by atoms with van der Waals surface area (Å²) in [4.78, 5) is 12.0. The van der Waals surface area contributed by atoms with Crippen molar-refractivity contribution in [2.75, 3.05) is 23.0 Å². The summed E-state index contributed by atoms with van der Waals surface area (Å²) in [6.07, 6.45) is 1.24. The van der Waals surface area contributed by atoms with E-state index in [-0.39, 0.29) is 0 Å². The van der Waals surface area contributed by atoms with Crippen molar-refractivity contribution in [3.05, 3.63) is 17.6 Å². The average molecular weight is 293 g/mol. The fourth-order valence-electron chi connectivity index (χ4n) is 2.41. The molecular weight excluding hydrogens is 266 g/mol. The molecule has 1 aromatic heterocycles. The molecule has 20 heavy (non-hydrogen) atoms. The first-order chi connectivity index (χ1) is 9.49. The fourth-order valence-corrected chi connectivity index (χ4v) is 3.45. The van der Waals surface area contributed by atoms with E-state index in [1.54, 1.807) is 0 Å². The van der Waals surface area contributed by atoms with Gasteiger partial charge in [0.2, 0.25) is 0 Å². The molecule has 1 saturated heterocycles. The lowest BCUT2D eigenvalue weighted by Crippen LogP contribution is -2.34. The second-order valence-electron chi connectivity index (χ2n) is 6.26. The van der Waals surface area contributed by atoms with Gasteiger partial charge >= 0.3 is 0 Å². The molecule has 1 fully saturated rings. The zero-order chi connectivity index (χ0) is 14.7. The number of aromatic nitrogens is 2. The second-order valence-corrected chi connectivity index (χ2v) is 7.49. The van der Waals surface area contributed by atoms with Gasteiger partial charge in [0, 0.05) is 36.0 Å². The highest BCUT2D eigenvalue weighted by atomic mass is 32.2. The quantitative estimate of drug-likeness (QED) is 0.840. The van der Waals surface area contributed by atoms with E-state index in [2.05, 4.69) is 57.3 Å². The molecular formula is C16H27N3S. The van der Waals surface area contributed by atoms with Crippen LogP contribution in [0.25, 0.3) is 0 Å². The van der Waals surface area contributed by atoms with Crippen LogP contribution in [0, 0.1) is 0 Å². The van der Waals surface area contributed by atoms with Crippen molar-refractivity contribution in [3.63, 3.8) is 0 Å². The van der Waals surface area contributed by atoms with Gasteiger partial charge in [-0.2, -0.15) is 11.8 Å². The van der Waals surface area contributed by atoms with Gasteiger partial charge in [0.05, 0.1) is 0 Å². The molecule has 0 radical (unpaired) electrons. The maximum Gasteiger partial charge on any atom is 0.133 e. The molecule has 2 heterocycles. The molecule has 1 aromatic rings. The van der Waals surface area contributed by atoms with E-state index in [0.717, 1.165) is 18.2 Å². The zero-order valence-corrected chi connectivity index (χ0v) is 14.2. The normalized spacial score (nSPS) is 20.6. The van der Waals surface area contributed by atoms with Gasteiger partial charge in [0.25, 0.3) is 0 Å². The van der Waals surface area contributed by atoms with Crippen molar-refractivity contribution in [2.24, 2.45) is 0 Å². The van der Waals surface area contributed by atoms with Gasteiger partial charge in [-0.25, -0.2) is 9.97 Å². The van der Waals surface area contributed by atoms with Gasteiger partial charge in [-0.3, -0.25) is 0 Å². The summed E-state index contributed by atoms with van der Waals surface area (Å²) in [6, 6.07) is 2.77. The van der Waals surface area contributed by atoms with Gasteiger partial charge < -0.3 is 4.90 Å². The van der Waals surface area contributed by atoms with Crippen LogP contribution in [-0.4, -0.2) is 34.1 Å². The van der Waals surface area contributed by atoms with Crippen molar-refractivity contribution in [2.45, 2.75) is 58.9 Å². The van der Waals surface area contributed by atoms with Crippen LogP contribution in [0.15, 0.2) is 6.07 Å². The Morgan fingerprint density at radius 2 is 1.90 bits per heavy atom. The first kappa shape index (κ1) is 15.6. The highest BCUT2D eigenvalue weighted by Gasteiger charge is 2.21. The molecule has 1 atom stereocenters. The van der Waals surface area contributed by atoms with E-state index in [0.29, 0.717) is 17.9 Å². The minimum atomic E-state index is 0.379. The molecule has 0 amide bonds. The van der Waals surface area contributed by atoms with Crippen LogP contribution in [0.4, 0.5) is 5.82 Å². The highest BCUT2D eigenvalue weighted by Crippen LogP contribution is 2.26. The summed E-state index contributed by atoms with van der Waals surface area (Å²) < 4.78 is 0. The molecule has 0 spiro atoms. The SMILES string of the molecule is CC(C)c1cc(N2CCSCCC2C)nc(C(C)C)n1. The van der Waals surface area contributed by atoms with Crippen LogP contribution in [0.2, 0.25) is 0 Å². The van der Waals surface area contributed by atoms with Crippen molar-refractivity contribution >= 4 is 17.6 Å². The van der Waals surface area contributed by atoms with Crippen molar-refractivity contribution < 1.29 is 0 Å². The second kappa shape index (κ2) is 6.79. The fraction of sp³-hybridized carbons (Fsp3) is 0.750. The molecule has 0 N–H and O–H groups in total. The Hall–Kier alpha value is -0.770. The van der Waals surface area contributed by atoms with Gasteiger partial charge in [0.1, 0.15) is 11.6 Å². The number of thioether (sulfide) groups is 1. The summed E-state index contributed by atoms with van der Waals surface area (Å²) >= 11 is 2.05. The van der Waals surface area contributed by atoms with Crippen molar-refractivity contribution in [3.8, 4) is 0 Å². The molecule has 112 valence electrons. The van der Waals surface area contributed by atoms with E-state index < -0.39 is 0 Å². The Bertz CT molecular complexity index is 419. The number of rotatable bonds is 3. The van der Waals surface area contributed by atoms with Gasteiger partial charge in [0.15, 0.2) is 0 Å². The van der Waals surface area contributed by atoms with Gasteiger partial charge in [-0.15, -0.1) is 0 Å². The molecule has 1 aliphatic rings. The molecule has 4 heteroatoms.